The highest BCUT2D eigenvalue weighted by molar-refractivity contribution is 5.73. The number of aromatic nitrogens is 2. The Bertz CT molecular complexity index is 583. The monoisotopic (exact) mass is 363 g/mol. The number of carboxylic acids is 1. The smallest absolute Gasteiger partial charge is 0.475 e. The van der Waals surface area contributed by atoms with Crippen LogP contribution in [-0.2, 0) is 22.7 Å². The summed E-state index contributed by atoms with van der Waals surface area (Å²) in [5.41, 5.74) is 1.21. The Balaban J connectivity index is 0.000000277. The Hall–Kier alpha value is -1.61. The predicted molar refractivity (Wildman–Crippen MR) is 84.0 cm³/mol. The third kappa shape index (κ3) is 4.72. The van der Waals surface area contributed by atoms with Gasteiger partial charge in [-0.05, 0) is 19.8 Å². The molecule has 1 saturated carbocycles. The SMILES string of the molecule is COCc1cnc2n1CCN(C1CCCC1)C2C.O=C(O)C(F)(F)F. The first-order valence-electron chi connectivity index (χ1n) is 8.34. The molecule has 0 spiro atoms. The lowest BCUT2D eigenvalue weighted by Crippen LogP contribution is -2.43. The second-order valence-electron chi connectivity index (χ2n) is 6.35. The number of nitrogens with zero attached hydrogens (tertiary/aromatic N) is 3. The highest BCUT2D eigenvalue weighted by Crippen LogP contribution is 2.33. The van der Waals surface area contributed by atoms with E-state index in [4.69, 9.17) is 14.6 Å². The molecule has 2 heterocycles. The van der Waals surface area contributed by atoms with E-state index in [1.54, 1.807) is 7.11 Å². The van der Waals surface area contributed by atoms with E-state index in [1.165, 1.54) is 37.2 Å². The van der Waals surface area contributed by atoms with E-state index in [0.29, 0.717) is 12.6 Å². The fourth-order valence-electron chi connectivity index (χ4n) is 3.57. The maximum Gasteiger partial charge on any atom is 0.490 e. The Kier molecular flexibility index (Phi) is 6.45. The Morgan fingerprint density at radius 3 is 2.48 bits per heavy atom. The van der Waals surface area contributed by atoms with Crippen LogP contribution in [0.1, 0.15) is 50.2 Å². The summed E-state index contributed by atoms with van der Waals surface area (Å²) in [7, 11) is 1.75. The van der Waals surface area contributed by atoms with Crippen LogP contribution in [0.2, 0.25) is 0 Å². The predicted octanol–water partition coefficient (Wildman–Crippen LogP) is 2.98. The molecule has 2 aliphatic rings. The van der Waals surface area contributed by atoms with Crippen molar-refractivity contribution in [2.75, 3.05) is 13.7 Å². The summed E-state index contributed by atoms with van der Waals surface area (Å²) in [5.74, 6) is -1.53. The molecule has 1 aromatic rings. The van der Waals surface area contributed by atoms with Crippen molar-refractivity contribution in [1.82, 2.24) is 14.5 Å². The number of carboxylic acid groups (broad SMARTS) is 1. The number of rotatable bonds is 3. The first-order chi connectivity index (χ1) is 11.8. The van der Waals surface area contributed by atoms with Crippen LogP contribution in [0.15, 0.2) is 6.20 Å². The van der Waals surface area contributed by atoms with Gasteiger partial charge in [-0.3, -0.25) is 4.90 Å². The van der Waals surface area contributed by atoms with Gasteiger partial charge in [-0.1, -0.05) is 12.8 Å². The van der Waals surface area contributed by atoms with Gasteiger partial charge in [0, 0.05) is 26.2 Å². The van der Waals surface area contributed by atoms with Gasteiger partial charge in [-0.15, -0.1) is 0 Å². The lowest BCUT2D eigenvalue weighted by molar-refractivity contribution is -0.192. The number of fused-ring (bicyclic) bond motifs is 1. The van der Waals surface area contributed by atoms with Crippen LogP contribution in [-0.4, -0.2) is 51.4 Å². The molecule has 1 aliphatic carbocycles. The van der Waals surface area contributed by atoms with E-state index >= 15 is 0 Å². The van der Waals surface area contributed by atoms with Crippen molar-refractivity contribution in [3.63, 3.8) is 0 Å². The number of aliphatic carboxylic acids is 1. The molecule has 1 atom stereocenters. The molecule has 0 amide bonds. The van der Waals surface area contributed by atoms with Gasteiger partial charge in [0.2, 0.25) is 0 Å². The number of alkyl halides is 3. The van der Waals surface area contributed by atoms with Gasteiger partial charge in [0.15, 0.2) is 0 Å². The fraction of sp³-hybridized carbons (Fsp3) is 0.750. The van der Waals surface area contributed by atoms with Crippen molar-refractivity contribution in [3.05, 3.63) is 17.7 Å². The van der Waals surface area contributed by atoms with Crippen LogP contribution in [0.25, 0.3) is 0 Å². The number of imidazole rings is 1. The summed E-state index contributed by atoms with van der Waals surface area (Å²) in [4.78, 5) is 16.2. The molecule has 1 aromatic heterocycles. The van der Waals surface area contributed by atoms with Crippen molar-refractivity contribution in [3.8, 4) is 0 Å². The average Bonchev–Trinajstić information content (AvgIpc) is 3.18. The molecule has 0 aromatic carbocycles. The number of carbonyl (C=O) groups is 1. The topological polar surface area (TPSA) is 67.6 Å². The van der Waals surface area contributed by atoms with Gasteiger partial charge in [0.25, 0.3) is 0 Å². The average molecular weight is 363 g/mol. The standard InChI is InChI=1S/C14H23N3O.C2HF3O2/c1-11-14-15-9-13(10-18-2)17(14)8-7-16(11)12-5-3-4-6-12;3-2(4,5)1(6)7/h9,11-12H,3-8,10H2,1-2H3;(H,6,7). The zero-order valence-corrected chi connectivity index (χ0v) is 14.4. The van der Waals surface area contributed by atoms with E-state index in [1.807, 2.05) is 6.20 Å². The first kappa shape index (κ1) is 19.7. The molecule has 3 rings (SSSR count). The molecular formula is C16H24F3N3O3. The van der Waals surface area contributed by atoms with Crippen LogP contribution >= 0.6 is 0 Å². The lowest BCUT2D eigenvalue weighted by atomic mass is 10.1. The number of ether oxygens (including phenoxy) is 1. The minimum absolute atomic E-state index is 0.451. The van der Waals surface area contributed by atoms with Gasteiger partial charge >= 0.3 is 12.1 Å². The fourth-order valence-corrected chi connectivity index (χ4v) is 3.57. The molecule has 0 bridgehead atoms. The molecule has 1 unspecified atom stereocenters. The largest absolute Gasteiger partial charge is 0.490 e. The maximum atomic E-state index is 10.6. The number of hydrogen-bond acceptors (Lipinski definition) is 4. The summed E-state index contributed by atoms with van der Waals surface area (Å²) >= 11 is 0. The summed E-state index contributed by atoms with van der Waals surface area (Å²) in [6.07, 6.45) is 2.44. The molecule has 6 nitrogen and oxygen atoms in total. The van der Waals surface area contributed by atoms with Crippen molar-refractivity contribution in [2.45, 2.75) is 64.0 Å². The summed E-state index contributed by atoms with van der Waals surface area (Å²) < 4.78 is 39.3. The van der Waals surface area contributed by atoms with Gasteiger partial charge in [0.1, 0.15) is 5.82 Å². The van der Waals surface area contributed by atoms with Crippen molar-refractivity contribution >= 4 is 5.97 Å². The van der Waals surface area contributed by atoms with Crippen LogP contribution in [0.4, 0.5) is 13.2 Å². The summed E-state index contributed by atoms with van der Waals surface area (Å²) in [5, 5.41) is 7.12. The van der Waals surface area contributed by atoms with E-state index < -0.39 is 12.1 Å². The first-order valence-corrected chi connectivity index (χ1v) is 8.34. The molecule has 25 heavy (non-hydrogen) atoms. The Morgan fingerprint density at radius 1 is 1.36 bits per heavy atom. The minimum Gasteiger partial charge on any atom is -0.475 e. The van der Waals surface area contributed by atoms with Gasteiger partial charge < -0.3 is 14.4 Å². The quantitative estimate of drug-likeness (QED) is 0.894. The van der Waals surface area contributed by atoms with Crippen molar-refractivity contribution in [2.24, 2.45) is 0 Å². The second-order valence-corrected chi connectivity index (χ2v) is 6.35. The third-order valence-corrected chi connectivity index (χ3v) is 4.75. The molecule has 142 valence electrons. The van der Waals surface area contributed by atoms with Crippen LogP contribution < -0.4 is 0 Å². The molecule has 0 saturated heterocycles. The summed E-state index contributed by atoms with van der Waals surface area (Å²) in [6.45, 7) is 5.19. The zero-order chi connectivity index (χ0) is 18.6. The van der Waals surface area contributed by atoms with Gasteiger partial charge in [-0.25, -0.2) is 9.78 Å². The van der Waals surface area contributed by atoms with Crippen LogP contribution in [0.5, 0.6) is 0 Å². The molecule has 1 aliphatic heterocycles. The summed E-state index contributed by atoms with van der Waals surface area (Å²) in [6, 6.07) is 1.24. The van der Waals surface area contributed by atoms with Crippen LogP contribution in [0.3, 0.4) is 0 Å². The highest BCUT2D eigenvalue weighted by atomic mass is 19.4. The molecule has 1 fully saturated rings. The molecular weight excluding hydrogens is 339 g/mol. The van der Waals surface area contributed by atoms with Crippen LogP contribution in [0, 0.1) is 0 Å². The van der Waals surface area contributed by atoms with Crippen molar-refractivity contribution < 1.29 is 27.8 Å². The number of hydrogen-bond donors (Lipinski definition) is 1. The number of halogens is 3. The molecule has 1 N–H and O–H groups in total. The zero-order valence-electron chi connectivity index (χ0n) is 14.4. The Morgan fingerprint density at radius 2 is 1.96 bits per heavy atom. The van der Waals surface area contributed by atoms with E-state index in [2.05, 4.69) is 21.4 Å². The van der Waals surface area contributed by atoms with Crippen molar-refractivity contribution in [1.29, 1.82) is 0 Å². The van der Waals surface area contributed by atoms with Gasteiger partial charge in [-0.2, -0.15) is 13.2 Å². The third-order valence-electron chi connectivity index (χ3n) is 4.75. The van der Waals surface area contributed by atoms with E-state index in [9.17, 15) is 13.2 Å². The van der Waals surface area contributed by atoms with Gasteiger partial charge in [0.05, 0.1) is 24.5 Å². The lowest BCUT2D eigenvalue weighted by Gasteiger charge is -2.38. The normalized spacial score (nSPS) is 21.6. The Labute approximate surface area is 144 Å². The minimum atomic E-state index is -5.08. The van der Waals surface area contributed by atoms with E-state index in [0.717, 1.165) is 19.1 Å². The molecule has 9 heteroatoms. The molecule has 0 radical (unpaired) electrons. The number of methoxy groups -OCH3 is 1. The second kappa shape index (κ2) is 8.18. The highest BCUT2D eigenvalue weighted by Gasteiger charge is 2.38. The van der Waals surface area contributed by atoms with E-state index in [-0.39, 0.29) is 0 Å². The maximum absolute atomic E-state index is 10.6.